The molecule has 3 aromatic rings. The summed E-state index contributed by atoms with van der Waals surface area (Å²) in [5, 5.41) is 4.95. The van der Waals surface area contributed by atoms with E-state index in [1.54, 1.807) is 34.2 Å². The molecule has 0 unspecified atom stereocenters. The Hall–Kier alpha value is -2.45. The van der Waals surface area contributed by atoms with Gasteiger partial charge in [0.25, 0.3) is 5.91 Å². The second kappa shape index (κ2) is 8.92. The van der Waals surface area contributed by atoms with Crippen LogP contribution in [0.1, 0.15) is 35.3 Å². The Morgan fingerprint density at radius 2 is 1.93 bits per heavy atom. The van der Waals surface area contributed by atoms with Crippen molar-refractivity contribution in [3.8, 4) is 5.88 Å². The van der Waals surface area contributed by atoms with Crippen molar-refractivity contribution in [2.75, 3.05) is 38.2 Å². The summed E-state index contributed by atoms with van der Waals surface area (Å²) in [7, 11) is 3.31. The molecule has 0 aliphatic heterocycles. The van der Waals surface area contributed by atoms with E-state index < -0.39 is 0 Å². The molecule has 2 heterocycles. The van der Waals surface area contributed by atoms with Crippen LogP contribution in [0.2, 0.25) is 0 Å². The summed E-state index contributed by atoms with van der Waals surface area (Å²) in [4.78, 5) is 22.4. The van der Waals surface area contributed by atoms with Gasteiger partial charge in [0, 0.05) is 26.3 Å². The summed E-state index contributed by atoms with van der Waals surface area (Å²) in [5.74, 6) is 0.189. The van der Waals surface area contributed by atoms with Crippen molar-refractivity contribution in [2.24, 2.45) is 7.05 Å². The number of hydrogen-bond donors (Lipinski definition) is 0. The molecule has 0 saturated heterocycles. The smallest absolute Gasteiger partial charge is 0.267 e. The quantitative estimate of drug-likeness (QED) is 0.562. The van der Waals surface area contributed by atoms with Crippen LogP contribution in [0.3, 0.4) is 0 Å². The van der Waals surface area contributed by atoms with E-state index in [9.17, 15) is 4.79 Å². The Morgan fingerprint density at radius 1 is 1.21 bits per heavy atom. The van der Waals surface area contributed by atoms with E-state index in [-0.39, 0.29) is 5.91 Å². The number of carbonyl (C=O) groups excluding carboxylic acids is 1. The predicted molar refractivity (Wildman–Crippen MR) is 118 cm³/mol. The van der Waals surface area contributed by atoms with E-state index in [1.165, 1.54) is 12.7 Å². The van der Waals surface area contributed by atoms with Crippen LogP contribution >= 0.6 is 11.3 Å². The fraction of sp³-hybridized carbons (Fsp3) is 0.476. The predicted octanol–water partition coefficient (Wildman–Crippen LogP) is 3.64. The van der Waals surface area contributed by atoms with Crippen molar-refractivity contribution >= 4 is 32.6 Å². The highest BCUT2D eigenvalue weighted by Gasteiger charge is 2.26. The molecular formula is C21H29N5O2S. The highest BCUT2D eigenvalue weighted by molar-refractivity contribution is 7.22. The van der Waals surface area contributed by atoms with Crippen LogP contribution in [0.15, 0.2) is 18.3 Å². The molecular weight excluding hydrogens is 386 g/mol. The van der Waals surface area contributed by atoms with Crippen LogP contribution in [0.25, 0.3) is 10.2 Å². The summed E-state index contributed by atoms with van der Waals surface area (Å²) in [6.45, 7) is 11.6. The van der Waals surface area contributed by atoms with Crippen LogP contribution in [0, 0.1) is 13.8 Å². The lowest BCUT2D eigenvalue weighted by Crippen LogP contribution is -2.38. The molecule has 0 atom stereocenters. The molecule has 156 valence electrons. The molecule has 0 fully saturated rings. The molecule has 2 aromatic heterocycles. The fourth-order valence-corrected chi connectivity index (χ4v) is 4.36. The minimum absolute atomic E-state index is 0.143. The van der Waals surface area contributed by atoms with Crippen LogP contribution in [0.4, 0.5) is 5.13 Å². The standard InChI is InChI=1S/C21H29N5O2S/c1-7-25(8-2)11-12-26(20(27)16-13-24(5)23-19(16)28-6)21-22-18-15(4)14(3)9-10-17(18)29-21/h9-10,13H,7-8,11-12H2,1-6H3. The van der Waals surface area contributed by atoms with E-state index in [4.69, 9.17) is 9.72 Å². The van der Waals surface area contributed by atoms with E-state index >= 15 is 0 Å². The van der Waals surface area contributed by atoms with E-state index in [0.29, 0.717) is 23.1 Å². The Morgan fingerprint density at radius 3 is 2.59 bits per heavy atom. The second-order valence-corrected chi connectivity index (χ2v) is 8.07. The third-order valence-electron chi connectivity index (χ3n) is 5.30. The Balaban J connectivity index is 2.03. The maximum absolute atomic E-state index is 13.5. The van der Waals surface area contributed by atoms with Crippen molar-refractivity contribution in [2.45, 2.75) is 27.7 Å². The van der Waals surface area contributed by atoms with Crippen molar-refractivity contribution in [3.63, 3.8) is 0 Å². The lowest BCUT2D eigenvalue weighted by molar-refractivity contribution is 0.0981. The highest BCUT2D eigenvalue weighted by Crippen LogP contribution is 2.33. The third kappa shape index (κ3) is 4.28. The second-order valence-electron chi connectivity index (χ2n) is 7.06. The first-order valence-electron chi connectivity index (χ1n) is 9.88. The lowest BCUT2D eigenvalue weighted by Gasteiger charge is -2.24. The number of thiazole rings is 1. The molecule has 3 rings (SSSR count). The number of likely N-dealkylation sites (N-methyl/N-ethyl adjacent to an activating group) is 1. The molecule has 0 bridgehead atoms. The van der Waals surface area contributed by atoms with Crippen LogP contribution < -0.4 is 9.64 Å². The number of aryl methyl sites for hydroxylation is 3. The molecule has 0 aliphatic rings. The zero-order valence-electron chi connectivity index (χ0n) is 18.0. The molecule has 0 radical (unpaired) electrons. The summed E-state index contributed by atoms with van der Waals surface area (Å²) in [6.07, 6.45) is 1.70. The summed E-state index contributed by atoms with van der Waals surface area (Å²) in [6, 6.07) is 4.18. The van der Waals surface area contributed by atoms with Gasteiger partial charge in [-0.2, -0.15) is 0 Å². The molecule has 0 saturated carbocycles. The van der Waals surface area contributed by atoms with Gasteiger partial charge in [-0.1, -0.05) is 31.3 Å². The Labute approximate surface area is 175 Å². The monoisotopic (exact) mass is 415 g/mol. The minimum atomic E-state index is -0.143. The molecule has 1 amide bonds. The Kier molecular flexibility index (Phi) is 6.54. The third-order valence-corrected chi connectivity index (χ3v) is 6.35. The summed E-state index contributed by atoms with van der Waals surface area (Å²) < 4.78 is 8.01. The number of fused-ring (bicyclic) bond motifs is 1. The molecule has 0 spiro atoms. The van der Waals surface area contributed by atoms with Gasteiger partial charge >= 0.3 is 0 Å². The van der Waals surface area contributed by atoms with Crippen molar-refractivity contribution in [3.05, 3.63) is 35.0 Å². The van der Waals surface area contributed by atoms with Gasteiger partial charge < -0.3 is 9.64 Å². The van der Waals surface area contributed by atoms with E-state index in [0.717, 1.165) is 35.4 Å². The van der Waals surface area contributed by atoms with Gasteiger partial charge in [0.2, 0.25) is 5.88 Å². The molecule has 29 heavy (non-hydrogen) atoms. The van der Waals surface area contributed by atoms with E-state index in [2.05, 4.69) is 49.8 Å². The zero-order chi connectivity index (χ0) is 21.1. The van der Waals surface area contributed by atoms with Crippen LogP contribution in [0.5, 0.6) is 5.88 Å². The summed E-state index contributed by atoms with van der Waals surface area (Å²) >= 11 is 1.55. The first kappa shape index (κ1) is 21.3. The van der Waals surface area contributed by atoms with Crippen molar-refractivity contribution in [1.82, 2.24) is 19.7 Å². The Bertz CT molecular complexity index is 1010. The van der Waals surface area contributed by atoms with Crippen molar-refractivity contribution < 1.29 is 9.53 Å². The molecule has 7 nitrogen and oxygen atoms in total. The number of rotatable bonds is 8. The number of ether oxygens (including phenoxy) is 1. The lowest BCUT2D eigenvalue weighted by atomic mass is 10.1. The number of carbonyl (C=O) groups is 1. The summed E-state index contributed by atoms with van der Waals surface area (Å²) in [5.41, 5.74) is 3.76. The molecule has 0 N–H and O–H groups in total. The first-order valence-corrected chi connectivity index (χ1v) is 10.7. The molecule has 0 aliphatic carbocycles. The maximum atomic E-state index is 13.5. The SMILES string of the molecule is CCN(CC)CCN(C(=O)c1cn(C)nc1OC)c1nc2c(C)c(C)ccc2s1. The van der Waals surface area contributed by atoms with Gasteiger partial charge in [-0.05, 0) is 44.1 Å². The van der Waals surface area contributed by atoms with Crippen molar-refractivity contribution in [1.29, 1.82) is 0 Å². The van der Waals surface area contributed by atoms with Gasteiger partial charge in [0.1, 0.15) is 5.56 Å². The largest absolute Gasteiger partial charge is 0.479 e. The number of benzene rings is 1. The minimum Gasteiger partial charge on any atom is -0.479 e. The first-order chi connectivity index (χ1) is 13.9. The average Bonchev–Trinajstić information content (AvgIpc) is 3.31. The maximum Gasteiger partial charge on any atom is 0.267 e. The number of anilines is 1. The number of amides is 1. The number of aromatic nitrogens is 3. The topological polar surface area (TPSA) is 63.5 Å². The van der Waals surface area contributed by atoms with Gasteiger partial charge in [-0.3, -0.25) is 14.4 Å². The average molecular weight is 416 g/mol. The normalized spacial score (nSPS) is 11.4. The number of nitrogens with zero attached hydrogens (tertiary/aromatic N) is 5. The fourth-order valence-electron chi connectivity index (χ4n) is 3.31. The highest BCUT2D eigenvalue weighted by atomic mass is 32.1. The van der Waals surface area contributed by atoms with Crippen LogP contribution in [-0.2, 0) is 7.05 Å². The molecule has 1 aromatic carbocycles. The van der Waals surface area contributed by atoms with Crippen LogP contribution in [-0.4, -0.2) is 58.9 Å². The van der Waals surface area contributed by atoms with E-state index in [1.807, 2.05) is 0 Å². The molecule has 8 heteroatoms. The van der Waals surface area contributed by atoms with Gasteiger partial charge in [-0.25, -0.2) is 4.98 Å². The van der Waals surface area contributed by atoms with Gasteiger partial charge in [0.05, 0.1) is 17.3 Å². The van der Waals surface area contributed by atoms with Gasteiger partial charge in [0.15, 0.2) is 5.13 Å². The van der Waals surface area contributed by atoms with Gasteiger partial charge in [-0.15, -0.1) is 5.10 Å². The number of methoxy groups -OCH3 is 1. The zero-order valence-corrected chi connectivity index (χ0v) is 18.8. The number of hydrogen-bond acceptors (Lipinski definition) is 6.